The lowest BCUT2D eigenvalue weighted by Gasteiger charge is -2.23. The number of carbonyl (C=O) groups is 2. The fourth-order valence-electron chi connectivity index (χ4n) is 2.88. The van der Waals surface area contributed by atoms with Crippen molar-refractivity contribution < 1.29 is 9.59 Å². The van der Waals surface area contributed by atoms with E-state index in [4.69, 9.17) is 0 Å². The normalized spacial score (nSPS) is 14.1. The standard InChI is InChI=1S/C20H26N4O3S/c1-20(2,3)22-16(25)11-23(4)17(26)12-28-19-21-15-8-6-5-7-14(15)18(27)24(19)13-9-10-13/h5-8,13H,9-12H2,1-4H3,(H,22,25). The van der Waals surface area contributed by atoms with E-state index in [0.29, 0.717) is 16.1 Å². The number of likely N-dealkylation sites (N-methyl/N-ethyl adjacent to an activating group) is 1. The summed E-state index contributed by atoms with van der Waals surface area (Å²) >= 11 is 1.25. The first-order chi connectivity index (χ1) is 13.2. The molecule has 8 heteroatoms. The Balaban J connectivity index is 1.71. The van der Waals surface area contributed by atoms with Gasteiger partial charge in [-0.2, -0.15) is 0 Å². The smallest absolute Gasteiger partial charge is 0.262 e. The van der Waals surface area contributed by atoms with E-state index < -0.39 is 0 Å². The summed E-state index contributed by atoms with van der Waals surface area (Å²) in [5.74, 6) is -0.262. The average molecular weight is 403 g/mol. The average Bonchev–Trinajstić information content (AvgIpc) is 3.42. The lowest BCUT2D eigenvalue weighted by atomic mass is 10.1. The number of nitrogens with zero attached hydrogens (tertiary/aromatic N) is 3. The summed E-state index contributed by atoms with van der Waals surface area (Å²) in [5.41, 5.74) is 0.239. The van der Waals surface area contributed by atoms with Crippen LogP contribution in [0.15, 0.2) is 34.2 Å². The van der Waals surface area contributed by atoms with Gasteiger partial charge >= 0.3 is 0 Å². The Labute approximate surface area is 168 Å². The highest BCUT2D eigenvalue weighted by Crippen LogP contribution is 2.36. The van der Waals surface area contributed by atoms with Crippen LogP contribution in [-0.2, 0) is 9.59 Å². The first-order valence-electron chi connectivity index (χ1n) is 9.35. The molecule has 1 aliphatic carbocycles. The molecule has 0 atom stereocenters. The number of amides is 2. The molecule has 0 bridgehead atoms. The van der Waals surface area contributed by atoms with Gasteiger partial charge in [0.2, 0.25) is 11.8 Å². The highest BCUT2D eigenvalue weighted by atomic mass is 32.2. The lowest BCUT2D eigenvalue weighted by molar-refractivity contribution is -0.133. The first-order valence-corrected chi connectivity index (χ1v) is 10.3. The molecule has 3 rings (SSSR count). The first kappa shape index (κ1) is 20.4. The van der Waals surface area contributed by atoms with E-state index in [2.05, 4.69) is 10.3 Å². The largest absolute Gasteiger partial charge is 0.350 e. The minimum Gasteiger partial charge on any atom is -0.350 e. The Morgan fingerprint density at radius 2 is 1.96 bits per heavy atom. The zero-order valence-electron chi connectivity index (χ0n) is 16.7. The summed E-state index contributed by atoms with van der Waals surface area (Å²) in [5, 5.41) is 4.00. The van der Waals surface area contributed by atoms with E-state index in [1.54, 1.807) is 17.7 Å². The van der Waals surface area contributed by atoms with Crippen LogP contribution in [0.3, 0.4) is 0 Å². The zero-order chi connectivity index (χ0) is 20.5. The van der Waals surface area contributed by atoms with Gasteiger partial charge in [0.1, 0.15) is 0 Å². The Morgan fingerprint density at radius 3 is 2.61 bits per heavy atom. The van der Waals surface area contributed by atoms with Gasteiger partial charge in [-0.05, 0) is 45.7 Å². The molecule has 0 radical (unpaired) electrons. The zero-order valence-corrected chi connectivity index (χ0v) is 17.5. The van der Waals surface area contributed by atoms with Gasteiger partial charge in [0.25, 0.3) is 5.56 Å². The Morgan fingerprint density at radius 1 is 1.29 bits per heavy atom. The molecule has 150 valence electrons. The van der Waals surface area contributed by atoms with Gasteiger partial charge in [0.05, 0.1) is 23.2 Å². The second kappa shape index (κ2) is 7.95. The number of rotatable bonds is 6. The van der Waals surface area contributed by atoms with Crippen LogP contribution in [0.2, 0.25) is 0 Å². The van der Waals surface area contributed by atoms with Gasteiger partial charge in [-0.25, -0.2) is 4.98 Å². The third-order valence-electron chi connectivity index (χ3n) is 4.33. The van der Waals surface area contributed by atoms with Crippen LogP contribution in [0, 0.1) is 0 Å². The molecule has 1 aromatic heterocycles. The second-order valence-corrected chi connectivity index (χ2v) is 9.10. The van der Waals surface area contributed by atoms with Crippen LogP contribution in [0.25, 0.3) is 10.9 Å². The SMILES string of the molecule is CN(CC(=O)NC(C)(C)C)C(=O)CSc1nc2ccccc2c(=O)n1C1CC1. The molecule has 0 unspecified atom stereocenters. The van der Waals surface area contributed by atoms with E-state index in [1.165, 1.54) is 16.7 Å². The molecule has 1 aromatic carbocycles. The summed E-state index contributed by atoms with van der Waals surface area (Å²) in [6.45, 7) is 5.68. The number of hydrogen-bond donors (Lipinski definition) is 1. The van der Waals surface area contributed by atoms with Crippen molar-refractivity contribution in [2.45, 2.75) is 50.4 Å². The van der Waals surface area contributed by atoms with Gasteiger partial charge in [-0.15, -0.1) is 0 Å². The lowest BCUT2D eigenvalue weighted by Crippen LogP contribution is -2.46. The maximum Gasteiger partial charge on any atom is 0.262 e. The Bertz CT molecular complexity index is 960. The van der Waals surface area contributed by atoms with E-state index >= 15 is 0 Å². The molecule has 1 fully saturated rings. The van der Waals surface area contributed by atoms with Crippen LogP contribution < -0.4 is 10.9 Å². The van der Waals surface area contributed by atoms with Crippen molar-refractivity contribution >= 4 is 34.5 Å². The molecule has 0 spiro atoms. The second-order valence-electron chi connectivity index (χ2n) is 8.15. The minimum absolute atomic E-state index is 0.00274. The van der Waals surface area contributed by atoms with Crippen molar-refractivity contribution in [2.75, 3.05) is 19.3 Å². The Kier molecular flexibility index (Phi) is 5.79. The van der Waals surface area contributed by atoms with Gasteiger partial charge in [-0.1, -0.05) is 23.9 Å². The van der Waals surface area contributed by atoms with Gasteiger partial charge in [0.15, 0.2) is 5.16 Å². The van der Waals surface area contributed by atoms with E-state index in [0.717, 1.165) is 12.8 Å². The highest BCUT2D eigenvalue weighted by molar-refractivity contribution is 7.99. The fourth-order valence-corrected chi connectivity index (χ4v) is 3.89. The molecule has 1 N–H and O–H groups in total. The number of fused-ring (bicyclic) bond motifs is 1. The third-order valence-corrected chi connectivity index (χ3v) is 5.27. The molecular formula is C20H26N4O3S. The number of hydrogen-bond acceptors (Lipinski definition) is 5. The fraction of sp³-hybridized carbons (Fsp3) is 0.500. The van der Waals surface area contributed by atoms with Crippen molar-refractivity contribution in [2.24, 2.45) is 0 Å². The number of thioether (sulfide) groups is 1. The van der Waals surface area contributed by atoms with Crippen molar-refractivity contribution in [1.82, 2.24) is 19.8 Å². The van der Waals surface area contributed by atoms with Crippen molar-refractivity contribution in [3.05, 3.63) is 34.6 Å². The number of aromatic nitrogens is 2. The molecule has 2 amide bonds. The minimum atomic E-state index is -0.342. The number of nitrogens with one attached hydrogen (secondary N) is 1. The molecule has 2 aromatic rings. The number of para-hydroxylation sites is 1. The summed E-state index contributed by atoms with van der Waals surface area (Å²) in [4.78, 5) is 43.4. The molecule has 1 heterocycles. The number of carbonyl (C=O) groups excluding carboxylic acids is 2. The maximum absolute atomic E-state index is 12.8. The summed E-state index contributed by atoms with van der Waals surface area (Å²) in [7, 11) is 1.60. The quantitative estimate of drug-likeness (QED) is 0.591. The molecule has 28 heavy (non-hydrogen) atoms. The third kappa shape index (κ3) is 4.92. The molecular weight excluding hydrogens is 376 g/mol. The van der Waals surface area contributed by atoms with Crippen LogP contribution in [0.4, 0.5) is 0 Å². The number of benzene rings is 1. The van der Waals surface area contributed by atoms with Crippen molar-refractivity contribution in [3.8, 4) is 0 Å². The predicted octanol–water partition coefficient (Wildman–Crippen LogP) is 2.20. The monoisotopic (exact) mass is 402 g/mol. The van der Waals surface area contributed by atoms with Crippen LogP contribution in [-0.4, -0.2) is 51.1 Å². The Hall–Kier alpha value is -2.35. The van der Waals surface area contributed by atoms with Crippen molar-refractivity contribution in [1.29, 1.82) is 0 Å². The molecule has 0 saturated heterocycles. The van der Waals surface area contributed by atoms with Crippen LogP contribution in [0.1, 0.15) is 39.7 Å². The summed E-state index contributed by atoms with van der Waals surface area (Å²) < 4.78 is 1.71. The summed E-state index contributed by atoms with van der Waals surface area (Å²) in [6.07, 6.45) is 1.91. The predicted molar refractivity (Wildman–Crippen MR) is 111 cm³/mol. The summed E-state index contributed by atoms with van der Waals surface area (Å²) in [6, 6.07) is 7.43. The van der Waals surface area contributed by atoms with Gasteiger partial charge in [-0.3, -0.25) is 19.0 Å². The van der Waals surface area contributed by atoms with Gasteiger partial charge < -0.3 is 10.2 Å². The molecule has 0 aliphatic heterocycles. The highest BCUT2D eigenvalue weighted by Gasteiger charge is 2.29. The maximum atomic E-state index is 12.8. The van der Waals surface area contributed by atoms with E-state index in [1.807, 2.05) is 39.0 Å². The molecule has 1 aliphatic rings. The molecule has 1 saturated carbocycles. The van der Waals surface area contributed by atoms with Crippen molar-refractivity contribution in [3.63, 3.8) is 0 Å². The van der Waals surface area contributed by atoms with Gasteiger partial charge in [0, 0.05) is 18.6 Å². The van der Waals surface area contributed by atoms with E-state index in [-0.39, 0.29) is 41.3 Å². The topological polar surface area (TPSA) is 84.3 Å². The van der Waals surface area contributed by atoms with E-state index in [9.17, 15) is 14.4 Å². The molecule has 7 nitrogen and oxygen atoms in total. The van der Waals surface area contributed by atoms with Crippen LogP contribution in [0.5, 0.6) is 0 Å². The van der Waals surface area contributed by atoms with Crippen LogP contribution >= 0.6 is 11.8 Å².